The minimum Gasteiger partial charge on any atom is -0.369 e. The molecule has 8 nitrogen and oxygen atoms in total. The van der Waals surface area contributed by atoms with Crippen molar-refractivity contribution in [1.29, 1.82) is 0 Å². The molecular weight excluding hydrogens is 306 g/mol. The molecule has 118 valence electrons. The maximum Gasteiger partial charge on any atom is 0.240 e. The van der Waals surface area contributed by atoms with Crippen LogP contribution in [-0.4, -0.2) is 36.1 Å². The third kappa shape index (κ3) is 3.89. The Balaban J connectivity index is 2.18. The van der Waals surface area contributed by atoms with Crippen LogP contribution in [0.2, 0.25) is 0 Å². The number of carbonyl (C=O) groups is 1. The highest BCUT2D eigenvalue weighted by atomic mass is 32.2. The van der Waals surface area contributed by atoms with Gasteiger partial charge in [-0.15, -0.1) is 0 Å². The summed E-state index contributed by atoms with van der Waals surface area (Å²) in [7, 11) is -3.49. The van der Waals surface area contributed by atoms with Crippen LogP contribution in [0, 0.1) is 0 Å². The van der Waals surface area contributed by atoms with Crippen molar-refractivity contribution in [1.82, 2.24) is 19.9 Å². The number of aromatic nitrogens is 3. The van der Waals surface area contributed by atoms with Gasteiger partial charge in [-0.1, -0.05) is 6.92 Å². The first-order valence-electron chi connectivity index (χ1n) is 6.72. The maximum absolute atomic E-state index is 12.0. The Morgan fingerprint density at radius 2 is 2.00 bits per heavy atom. The van der Waals surface area contributed by atoms with Crippen LogP contribution in [-0.2, 0) is 21.2 Å². The number of H-pyrrole nitrogens is 1. The number of nitrogens with zero attached hydrogens (tertiary/aromatic N) is 2. The molecule has 4 N–H and O–H groups in total. The normalized spacial score (nSPS) is 11.5. The van der Waals surface area contributed by atoms with Gasteiger partial charge in [0.15, 0.2) is 5.82 Å². The highest BCUT2D eigenvalue weighted by Gasteiger charge is 2.14. The number of aromatic amines is 1. The van der Waals surface area contributed by atoms with E-state index in [0.29, 0.717) is 23.8 Å². The van der Waals surface area contributed by atoms with Crippen molar-refractivity contribution in [2.24, 2.45) is 5.73 Å². The summed E-state index contributed by atoms with van der Waals surface area (Å²) in [5, 5.41) is 6.59. The number of amides is 1. The van der Waals surface area contributed by atoms with E-state index in [1.54, 1.807) is 12.1 Å². The average Bonchev–Trinajstić information content (AvgIpc) is 2.93. The van der Waals surface area contributed by atoms with E-state index < -0.39 is 15.9 Å². The van der Waals surface area contributed by atoms with Crippen molar-refractivity contribution in [3.05, 3.63) is 30.1 Å². The second-order valence-corrected chi connectivity index (χ2v) is 6.44. The number of nitrogens with one attached hydrogen (secondary N) is 2. The molecule has 22 heavy (non-hydrogen) atoms. The topological polar surface area (TPSA) is 131 Å². The van der Waals surface area contributed by atoms with Crippen LogP contribution in [0.25, 0.3) is 11.4 Å². The molecule has 0 atom stereocenters. The van der Waals surface area contributed by atoms with Gasteiger partial charge in [0.05, 0.1) is 11.3 Å². The van der Waals surface area contributed by atoms with Gasteiger partial charge in [0, 0.05) is 12.1 Å². The van der Waals surface area contributed by atoms with E-state index in [9.17, 15) is 13.2 Å². The van der Waals surface area contributed by atoms with E-state index in [0.717, 1.165) is 6.42 Å². The van der Waals surface area contributed by atoms with Crippen molar-refractivity contribution >= 4 is 15.9 Å². The van der Waals surface area contributed by atoms with Crippen LogP contribution >= 0.6 is 0 Å². The number of primary amides is 1. The molecular formula is C13H17N5O3S. The fourth-order valence-electron chi connectivity index (χ4n) is 1.77. The Morgan fingerprint density at radius 1 is 1.32 bits per heavy atom. The molecule has 0 bridgehead atoms. The number of rotatable bonds is 7. The molecule has 1 aromatic heterocycles. The summed E-state index contributed by atoms with van der Waals surface area (Å²) in [6.07, 6.45) is 0.692. The second kappa shape index (κ2) is 6.67. The van der Waals surface area contributed by atoms with Crippen molar-refractivity contribution in [2.45, 2.75) is 24.7 Å². The largest absolute Gasteiger partial charge is 0.369 e. The van der Waals surface area contributed by atoms with Gasteiger partial charge in [0.2, 0.25) is 15.9 Å². The van der Waals surface area contributed by atoms with Crippen molar-refractivity contribution in [3.8, 4) is 11.4 Å². The fourth-order valence-corrected chi connectivity index (χ4v) is 2.91. The van der Waals surface area contributed by atoms with E-state index in [4.69, 9.17) is 5.73 Å². The second-order valence-electron chi connectivity index (χ2n) is 4.67. The predicted molar refractivity (Wildman–Crippen MR) is 80.2 cm³/mol. The quantitative estimate of drug-likeness (QED) is 0.669. The monoisotopic (exact) mass is 323 g/mol. The van der Waals surface area contributed by atoms with Crippen LogP contribution in [0.3, 0.4) is 0 Å². The maximum atomic E-state index is 12.0. The molecule has 0 aliphatic heterocycles. The third-order valence-electron chi connectivity index (χ3n) is 2.84. The molecule has 1 amide bonds. The fraction of sp³-hybridized carbons (Fsp3) is 0.308. The first-order valence-corrected chi connectivity index (χ1v) is 8.20. The SMILES string of the molecule is CCCNS(=O)(=O)c1ccc(-c2n[nH]c(CC(N)=O)n2)cc1. The van der Waals surface area contributed by atoms with Gasteiger partial charge >= 0.3 is 0 Å². The summed E-state index contributed by atoms with van der Waals surface area (Å²) >= 11 is 0. The van der Waals surface area contributed by atoms with Crippen molar-refractivity contribution < 1.29 is 13.2 Å². The van der Waals surface area contributed by atoms with Crippen LogP contribution in [0.4, 0.5) is 0 Å². The van der Waals surface area contributed by atoms with Gasteiger partial charge < -0.3 is 5.73 Å². The van der Waals surface area contributed by atoms with E-state index in [-0.39, 0.29) is 11.3 Å². The zero-order chi connectivity index (χ0) is 16.2. The summed E-state index contributed by atoms with van der Waals surface area (Å²) in [6, 6.07) is 6.18. The number of hydrogen-bond acceptors (Lipinski definition) is 5. The molecule has 1 aromatic carbocycles. The molecule has 0 fully saturated rings. The number of sulfonamides is 1. The number of carbonyl (C=O) groups excluding carboxylic acids is 1. The average molecular weight is 323 g/mol. The molecule has 0 unspecified atom stereocenters. The summed E-state index contributed by atoms with van der Waals surface area (Å²) < 4.78 is 26.4. The first-order chi connectivity index (χ1) is 10.4. The van der Waals surface area contributed by atoms with Gasteiger partial charge in [-0.2, -0.15) is 5.10 Å². The standard InChI is InChI=1S/C13H17N5O3S/c1-2-7-15-22(20,21)10-5-3-9(4-6-10)13-16-12(17-18-13)8-11(14)19/h3-6,15H,2,7-8H2,1H3,(H2,14,19)(H,16,17,18). The molecule has 0 spiro atoms. The molecule has 0 radical (unpaired) electrons. The number of hydrogen-bond donors (Lipinski definition) is 3. The Kier molecular flexibility index (Phi) is 4.88. The van der Waals surface area contributed by atoms with E-state index in [1.165, 1.54) is 12.1 Å². The zero-order valence-corrected chi connectivity index (χ0v) is 12.9. The van der Waals surface area contributed by atoms with Crippen LogP contribution in [0.15, 0.2) is 29.2 Å². The lowest BCUT2D eigenvalue weighted by atomic mass is 10.2. The van der Waals surface area contributed by atoms with Gasteiger partial charge in [-0.3, -0.25) is 9.89 Å². The molecule has 0 saturated carbocycles. The molecule has 0 saturated heterocycles. The Hall–Kier alpha value is -2.26. The van der Waals surface area contributed by atoms with Gasteiger partial charge in [-0.05, 0) is 30.7 Å². The Labute approximate surface area is 128 Å². The highest BCUT2D eigenvalue weighted by molar-refractivity contribution is 7.89. The van der Waals surface area contributed by atoms with Crippen molar-refractivity contribution in [3.63, 3.8) is 0 Å². The minimum absolute atomic E-state index is 0.0274. The molecule has 9 heteroatoms. The lowest BCUT2D eigenvalue weighted by Gasteiger charge is -2.05. The van der Waals surface area contributed by atoms with E-state index in [1.807, 2.05) is 6.92 Å². The highest BCUT2D eigenvalue weighted by Crippen LogP contribution is 2.18. The Bertz CT molecular complexity index is 752. The number of nitrogens with two attached hydrogens (primary N) is 1. The summed E-state index contributed by atoms with van der Waals surface area (Å²) in [5.41, 5.74) is 5.72. The third-order valence-corrected chi connectivity index (χ3v) is 4.32. The van der Waals surface area contributed by atoms with E-state index >= 15 is 0 Å². The first kappa shape index (κ1) is 16.1. The predicted octanol–water partition coefficient (Wildman–Crippen LogP) is 0.188. The van der Waals surface area contributed by atoms with Crippen LogP contribution in [0.1, 0.15) is 19.2 Å². The lowest BCUT2D eigenvalue weighted by molar-refractivity contribution is -0.117. The molecule has 0 aliphatic carbocycles. The zero-order valence-electron chi connectivity index (χ0n) is 12.0. The van der Waals surface area contributed by atoms with E-state index in [2.05, 4.69) is 19.9 Å². The van der Waals surface area contributed by atoms with Crippen LogP contribution in [0.5, 0.6) is 0 Å². The Morgan fingerprint density at radius 3 is 2.59 bits per heavy atom. The summed E-state index contributed by atoms with van der Waals surface area (Å²) in [6.45, 7) is 2.28. The van der Waals surface area contributed by atoms with Gasteiger partial charge in [0.25, 0.3) is 0 Å². The van der Waals surface area contributed by atoms with Gasteiger partial charge in [0.1, 0.15) is 5.82 Å². The minimum atomic E-state index is -3.49. The molecule has 0 aliphatic rings. The summed E-state index contributed by atoms with van der Waals surface area (Å²) in [4.78, 5) is 15.1. The smallest absolute Gasteiger partial charge is 0.240 e. The molecule has 1 heterocycles. The van der Waals surface area contributed by atoms with Crippen LogP contribution < -0.4 is 10.5 Å². The molecule has 2 aromatic rings. The number of benzene rings is 1. The lowest BCUT2D eigenvalue weighted by Crippen LogP contribution is -2.24. The summed E-state index contributed by atoms with van der Waals surface area (Å²) in [5.74, 6) is 0.233. The van der Waals surface area contributed by atoms with Crippen molar-refractivity contribution in [2.75, 3.05) is 6.54 Å². The van der Waals surface area contributed by atoms with Gasteiger partial charge in [-0.25, -0.2) is 18.1 Å². The molecule has 2 rings (SSSR count).